The number of hydrogen-bond donors (Lipinski definition) is 1. The maximum absolute atomic E-state index is 4.83. The SMILES string of the molecule is C.C=C1N(CCCc2ccc3c(n2)NCCC3)CCN1[C@@H](CC)c1ccc(C)nc1.C=C=C. The molecule has 5 heteroatoms. The Bertz CT molecular complexity index is 928. The smallest absolute Gasteiger partial charge is 0.129 e. The number of aromatic nitrogens is 2. The van der Waals surface area contributed by atoms with Gasteiger partial charge in [-0.2, -0.15) is 0 Å². The van der Waals surface area contributed by atoms with Gasteiger partial charge in [-0.3, -0.25) is 4.98 Å². The Morgan fingerprint density at radius 1 is 1.18 bits per heavy atom. The van der Waals surface area contributed by atoms with Gasteiger partial charge in [-0.1, -0.05) is 46.2 Å². The summed E-state index contributed by atoms with van der Waals surface area (Å²) in [5.74, 6) is 2.25. The number of anilines is 1. The van der Waals surface area contributed by atoms with E-state index in [1.165, 1.54) is 23.2 Å². The zero-order valence-corrected chi connectivity index (χ0v) is 19.7. The summed E-state index contributed by atoms with van der Waals surface area (Å²) in [4.78, 5) is 14.2. The third-order valence-corrected chi connectivity index (χ3v) is 6.20. The summed E-state index contributed by atoms with van der Waals surface area (Å²) in [7, 11) is 0. The minimum absolute atomic E-state index is 0. The molecule has 4 rings (SSSR count). The van der Waals surface area contributed by atoms with Crippen LogP contribution in [0.2, 0.25) is 0 Å². The van der Waals surface area contributed by atoms with Crippen LogP contribution in [0, 0.1) is 6.92 Å². The van der Waals surface area contributed by atoms with E-state index in [9.17, 15) is 0 Å². The fourth-order valence-electron chi connectivity index (χ4n) is 4.52. The van der Waals surface area contributed by atoms with Gasteiger partial charge in [-0.15, -0.1) is 5.73 Å². The lowest BCUT2D eigenvalue weighted by molar-refractivity contribution is 0.260. The lowest BCUT2D eigenvalue weighted by atomic mass is 10.0. The van der Waals surface area contributed by atoms with Gasteiger partial charge in [0.15, 0.2) is 0 Å². The Labute approximate surface area is 200 Å². The first-order chi connectivity index (χ1) is 15.6. The molecule has 1 N–H and O–H groups in total. The minimum Gasteiger partial charge on any atom is -0.370 e. The molecule has 2 aliphatic rings. The van der Waals surface area contributed by atoms with E-state index in [4.69, 9.17) is 4.98 Å². The number of pyridine rings is 2. The monoisotopic (exact) mass is 447 g/mol. The van der Waals surface area contributed by atoms with Gasteiger partial charge in [-0.05, 0) is 62.3 Å². The average molecular weight is 448 g/mol. The van der Waals surface area contributed by atoms with Crippen molar-refractivity contribution in [3.8, 4) is 0 Å². The number of nitrogens with one attached hydrogen (secondary N) is 1. The van der Waals surface area contributed by atoms with Crippen molar-refractivity contribution < 1.29 is 0 Å². The molecule has 0 amide bonds. The van der Waals surface area contributed by atoms with Crippen molar-refractivity contribution in [3.63, 3.8) is 0 Å². The second-order valence-corrected chi connectivity index (χ2v) is 8.45. The standard InChI is InChI=1S/C24H33N5.C3H4.CH4/c1-4-23(21-10-9-18(2)26-17-21)29-16-15-28(19(29)3)14-6-8-22-12-11-20-7-5-13-25-24(20)27-22;1-3-2;/h9-12,17,23H,3-8,13-16H2,1-2H3,(H,25,27);1-2H2;1H4/t23-;;/m0../s1. The molecule has 1 fully saturated rings. The van der Waals surface area contributed by atoms with Crippen LogP contribution in [0.5, 0.6) is 0 Å². The molecule has 0 radical (unpaired) electrons. The molecule has 0 unspecified atom stereocenters. The highest BCUT2D eigenvalue weighted by atomic mass is 15.4. The van der Waals surface area contributed by atoms with Crippen LogP contribution in [-0.4, -0.2) is 45.9 Å². The van der Waals surface area contributed by atoms with E-state index in [2.05, 4.69) is 76.8 Å². The molecule has 0 saturated carbocycles. The summed E-state index contributed by atoms with van der Waals surface area (Å²) in [6.45, 7) is 19.1. The van der Waals surface area contributed by atoms with E-state index in [1.54, 1.807) is 0 Å². The molecule has 0 bridgehead atoms. The predicted molar refractivity (Wildman–Crippen MR) is 140 cm³/mol. The van der Waals surface area contributed by atoms with E-state index < -0.39 is 0 Å². The second kappa shape index (κ2) is 12.9. The highest BCUT2D eigenvalue weighted by Gasteiger charge is 2.29. The Hall–Kier alpha value is -3.04. The third kappa shape index (κ3) is 6.72. The van der Waals surface area contributed by atoms with Gasteiger partial charge < -0.3 is 15.1 Å². The second-order valence-electron chi connectivity index (χ2n) is 8.45. The van der Waals surface area contributed by atoms with E-state index in [1.807, 2.05) is 13.1 Å². The largest absolute Gasteiger partial charge is 0.370 e. The van der Waals surface area contributed by atoms with Crippen molar-refractivity contribution in [3.05, 3.63) is 84.3 Å². The average Bonchev–Trinajstić information content (AvgIpc) is 3.16. The van der Waals surface area contributed by atoms with Crippen molar-refractivity contribution in [1.82, 2.24) is 19.8 Å². The summed E-state index contributed by atoms with van der Waals surface area (Å²) in [5, 5.41) is 3.44. The van der Waals surface area contributed by atoms with Gasteiger partial charge in [0.05, 0.1) is 11.9 Å². The lowest BCUT2D eigenvalue weighted by Crippen LogP contribution is -2.27. The first-order valence-corrected chi connectivity index (χ1v) is 11.7. The van der Waals surface area contributed by atoms with Crippen molar-refractivity contribution in [2.24, 2.45) is 0 Å². The van der Waals surface area contributed by atoms with E-state index in [0.29, 0.717) is 6.04 Å². The molecular formula is C28H41N5. The first-order valence-electron chi connectivity index (χ1n) is 11.7. The van der Waals surface area contributed by atoms with Crippen LogP contribution < -0.4 is 5.32 Å². The van der Waals surface area contributed by atoms with Gasteiger partial charge in [0.1, 0.15) is 5.82 Å². The summed E-state index contributed by atoms with van der Waals surface area (Å²) in [6.07, 6.45) is 7.55. The van der Waals surface area contributed by atoms with Gasteiger partial charge in [0.25, 0.3) is 0 Å². The molecule has 0 aliphatic carbocycles. The normalized spacial score (nSPS) is 15.4. The maximum Gasteiger partial charge on any atom is 0.129 e. The van der Waals surface area contributed by atoms with Crippen molar-refractivity contribution >= 4 is 5.82 Å². The topological polar surface area (TPSA) is 44.3 Å². The summed E-state index contributed by atoms with van der Waals surface area (Å²) < 4.78 is 0. The lowest BCUT2D eigenvalue weighted by Gasteiger charge is -2.31. The van der Waals surface area contributed by atoms with Gasteiger partial charge in [-0.25, -0.2) is 4.98 Å². The molecule has 2 aromatic rings. The van der Waals surface area contributed by atoms with Crippen LogP contribution in [-0.2, 0) is 12.8 Å². The fraction of sp³-hybridized carbons (Fsp3) is 0.464. The number of nitrogens with zero attached hydrogens (tertiary/aromatic N) is 4. The van der Waals surface area contributed by atoms with Crippen LogP contribution in [0.1, 0.15) is 62.2 Å². The van der Waals surface area contributed by atoms with Crippen LogP contribution in [0.25, 0.3) is 0 Å². The zero-order chi connectivity index (χ0) is 22.9. The molecule has 5 nitrogen and oxygen atoms in total. The van der Waals surface area contributed by atoms with Crippen molar-refractivity contribution in [2.75, 3.05) is 31.5 Å². The highest BCUT2D eigenvalue weighted by Crippen LogP contribution is 2.31. The maximum atomic E-state index is 4.83. The number of hydrogen-bond acceptors (Lipinski definition) is 5. The third-order valence-electron chi connectivity index (χ3n) is 6.20. The van der Waals surface area contributed by atoms with Crippen LogP contribution in [0.15, 0.2) is 61.8 Å². The predicted octanol–water partition coefficient (Wildman–Crippen LogP) is 5.91. The molecule has 2 aromatic heterocycles. The summed E-state index contributed by atoms with van der Waals surface area (Å²) >= 11 is 0. The molecule has 0 aromatic carbocycles. The van der Waals surface area contributed by atoms with Crippen LogP contribution >= 0.6 is 0 Å². The van der Waals surface area contributed by atoms with E-state index in [-0.39, 0.29) is 7.43 Å². The first kappa shape index (κ1) is 26.2. The Kier molecular flexibility index (Phi) is 10.2. The van der Waals surface area contributed by atoms with E-state index in [0.717, 1.165) is 69.2 Å². The van der Waals surface area contributed by atoms with Gasteiger partial charge >= 0.3 is 0 Å². The Balaban J connectivity index is 0.000000914. The number of rotatable bonds is 7. The molecular weight excluding hydrogens is 406 g/mol. The van der Waals surface area contributed by atoms with Gasteiger partial charge in [0, 0.05) is 43.8 Å². The molecule has 4 heterocycles. The Morgan fingerprint density at radius 2 is 1.97 bits per heavy atom. The van der Waals surface area contributed by atoms with Gasteiger partial charge in [0.2, 0.25) is 0 Å². The summed E-state index contributed by atoms with van der Waals surface area (Å²) in [5.41, 5.74) is 7.15. The quantitative estimate of drug-likeness (QED) is 0.535. The summed E-state index contributed by atoms with van der Waals surface area (Å²) in [6, 6.07) is 9.13. The molecule has 33 heavy (non-hydrogen) atoms. The molecule has 0 spiro atoms. The van der Waals surface area contributed by atoms with Crippen molar-refractivity contribution in [2.45, 2.75) is 59.4 Å². The van der Waals surface area contributed by atoms with Crippen molar-refractivity contribution in [1.29, 1.82) is 0 Å². The number of fused-ring (bicyclic) bond motifs is 1. The van der Waals surface area contributed by atoms with Crippen LogP contribution in [0.4, 0.5) is 5.82 Å². The molecule has 1 atom stereocenters. The fourth-order valence-corrected chi connectivity index (χ4v) is 4.52. The highest BCUT2D eigenvalue weighted by molar-refractivity contribution is 5.47. The molecule has 2 aliphatic heterocycles. The van der Waals surface area contributed by atoms with Crippen LogP contribution in [0.3, 0.4) is 0 Å². The molecule has 1 saturated heterocycles. The van der Waals surface area contributed by atoms with E-state index >= 15 is 0 Å². The molecule has 178 valence electrons. The minimum atomic E-state index is 0. The zero-order valence-electron chi connectivity index (χ0n) is 19.7. The Morgan fingerprint density at radius 3 is 2.67 bits per heavy atom. The number of aryl methyl sites for hydroxylation is 3.